The molecule has 0 aliphatic carbocycles. The van der Waals surface area contributed by atoms with Gasteiger partial charge in [0.15, 0.2) is 6.10 Å². The summed E-state index contributed by atoms with van der Waals surface area (Å²) in [5.74, 6) is -0.451. The zero-order valence-corrected chi connectivity index (χ0v) is 22.1. The van der Waals surface area contributed by atoms with E-state index in [-0.39, 0.29) is 17.9 Å². The number of benzene rings is 3. The van der Waals surface area contributed by atoms with Crippen LogP contribution in [0, 0.1) is 0 Å². The van der Waals surface area contributed by atoms with Crippen LogP contribution in [0.3, 0.4) is 0 Å². The summed E-state index contributed by atoms with van der Waals surface area (Å²) in [4.78, 5) is 24.8. The molecule has 1 unspecified atom stereocenters. The summed E-state index contributed by atoms with van der Waals surface area (Å²) in [6.45, 7) is 5.42. The number of hydrogen-bond donors (Lipinski definition) is 0. The fraction of sp³-hybridized carbons (Fsp3) is 0.290. The number of rotatable bonds is 14. The van der Waals surface area contributed by atoms with E-state index in [0.717, 1.165) is 16.9 Å². The average molecular weight is 557 g/mol. The van der Waals surface area contributed by atoms with Gasteiger partial charge in [0.05, 0.1) is 17.7 Å². The van der Waals surface area contributed by atoms with Crippen LogP contribution in [-0.2, 0) is 9.47 Å². The summed E-state index contributed by atoms with van der Waals surface area (Å²) in [6.07, 6.45) is -4.15. The molecule has 1 atom stereocenters. The summed E-state index contributed by atoms with van der Waals surface area (Å²) in [6, 6.07) is 20.0. The van der Waals surface area contributed by atoms with Crippen molar-refractivity contribution in [3.63, 3.8) is 0 Å². The van der Waals surface area contributed by atoms with Crippen LogP contribution in [0.1, 0.15) is 46.9 Å². The molecule has 6 nitrogen and oxygen atoms in total. The molecule has 0 fully saturated rings. The molecule has 0 bridgehead atoms. The van der Waals surface area contributed by atoms with Gasteiger partial charge in [-0.05, 0) is 66.1 Å². The largest absolute Gasteiger partial charge is 0.490 e. The van der Waals surface area contributed by atoms with Crippen molar-refractivity contribution in [1.29, 1.82) is 0 Å². The normalized spacial score (nSPS) is 11.9. The minimum Gasteiger partial charge on any atom is -0.490 e. The van der Waals surface area contributed by atoms with E-state index in [1.807, 2.05) is 31.2 Å². The van der Waals surface area contributed by atoms with Crippen LogP contribution in [0.5, 0.6) is 11.5 Å². The molecule has 0 aliphatic rings. The molecule has 0 aliphatic heterocycles. The third-order valence-electron chi connectivity index (χ3n) is 5.77. The standard InChI is InChI=1S/C31H31F3O6/c1-3-5-20-38-28(31(32,33)34)18-21-39-29(35)24-12-16-27(17-13-24)40-30(36)25-8-6-22(7-9-25)23-10-14-26(15-11-23)37-19-4-2/h4,6-17,28H,2-3,5,18-21H2,1H3. The highest BCUT2D eigenvalue weighted by Gasteiger charge is 2.40. The van der Waals surface area contributed by atoms with Crippen LogP contribution in [-0.4, -0.2) is 44.0 Å². The molecule has 3 aromatic rings. The number of ether oxygens (including phenoxy) is 4. The first kappa shape index (κ1) is 30.4. The smallest absolute Gasteiger partial charge is 0.414 e. The zero-order chi connectivity index (χ0) is 29.0. The SMILES string of the molecule is C=CCOc1ccc(-c2ccc(C(=O)Oc3ccc(C(=O)OCCC(OCCCC)C(F)(F)F)cc3)cc2)cc1. The van der Waals surface area contributed by atoms with Crippen molar-refractivity contribution in [2.75, 3.05) is 19.8 Å². The second-order valence-electron chi connectivity index (χ2n) is 8.79. The lowest BCUT2D eigenvalue weighted by molar-refractivity contribution is -0.224. The van der Waals surface area contributed by atoms with Crippen LogP contribution in [0.4, 0.5) is 13.2 Å². The lowest BCUT2D eigenvalue weighted by Crippen LogP contribution is -2.33. The Morgan fingerprint density at radius 1 is 0.825 bits per heavy atom. The van der Waals surface area contributed by atoms with Gasteiger partial charge in [-0.2, -0.15) is 13.2 Å². The fourth-order valence-corrected chi connectivity index (χ4v) is 3.58. The van der Waals surface area contributed by atoms with Crippen molar-refractivity contribution in [3.05, 3.63) is 96.6 Å². The van der Waals surface area contributed by atoms with Crippen LogP contribution < -0.4 is 9.47 Å². The summed E-state index contributed by atoms with van der Waals surface area (Å²) in [5.41, 5.74) is 2.30. The third kappa shape index (κ3) is 9.27. The Hall–Kier alpha value is -4.11. The van der Waals surface area contributed by atoms with Crippen LogP contribution in [0.25, 0.3) is 11.1 Å². The second kappa shape index (κ2) is 14.9. The molecule has 40 heavy (non-hydrogen) atoms. The minimum absolute atomic E-state index is 0.0146. The molecule has 3 rings (SSSR count). The molecular formula is C31H31F3O6. The first-order valence-electron chi connectivity index (χ1n) is 12.8. The molecule has 3 aromatic carbocycles. The average Bonchev–Trinajstić information content (AvgIpc) is 2.95. The lowest BCUT2D eigenvalue weighted by Gasteiger charge is -2.20. The van der Waals surface area contributed by atoms with E-state index in [2.05, 4.69) is 6.58 Å². The highest BCUT2D eigenvalue weighted by molar-refractivity contribution is 5.92. The van der Waals surface area contributed by atoms with Crippen molar-refractivity contribution in [2.24, 2.45) is 0 Å². The van der Waals surface area contributed by atoms with Gasteiger partial charge in [-0.1, -0.05) is 50.3 Å². The predicted molar refractivity (Wildman–Crippen MR) is 145 cm³/mol. The van der Waals surface area contributed by atoms with Gasteiger partial charge < -0.3 is 18.9 Å². The van der Waals surface area contributed by atoms with Gasteiger partial charge in [0.2, 0.25) is 0 Å². The van der Waals surface area contributed by atoms with Crippen molar-refractivity contribution in [3.8, 4) is 22.6 Å². The Kier molecular flexibility index (Phi) is 11.3. The Balaban J connectivity index is 1.50. The summed E-state index contributed by atoms with van der Waals surface area (Å²) in [5, 5.41) is 0. The molecular weight excluding hydrogens is 525 g/mol. The topological polar surface area (TPSA) is 71.1 Å². The molecule has 0 saturated heterocycles. The number of alkyl halides is 3. The number of esters is 2. The van der Waals surface area contributed by atoms with Gasteiger partial charge in [0.25, 0.3) is 0 Å². The van der Waals surface area contributed by atoms with Crippen molar-refractivity contribution in [2.45, 2.75) is 38.5 Å². The Morgan fingerprint density at radius 2 is 1.38 bits per heavy atom. The van der Waals surface area contributed by atoms with Gasteiger partial charge in [0, 0.05) is 13.0 Å². The van der Waals surface area contributed by atoms with Gasteiger partial charge in [-0.15, -0.1) is 0 Å². The van der Waals surface area contributed by atoms with Gasteiger partial charge in [0.1, 0.15) is 18.1 Å². The van der Waals surface area contributed by atoms with Crippen molar-refractivity contribution in [1.82, 2.24) is 0 Å². The highest BCUT2D eigenvalue weighted by atomic mass is 19.4. The molecule has 212 valence electrons. The van der Waals surface area contributed by atoms with E-state index in [4.69, 9.17) is 18.9 Å². The van der Waals surface area contributed by atoms with Gasteiger partial charge in [-0.25, -0.2) is 9.59 Å². The Labute approximate surface area is 231 Å². The van der Waals surface area contributed by atoms with Crippen LogP contribution in [0.2, 0.25) is 0 Å². The van der Waals surface area contributed by atoms with Crippen LogP contribution >= 0.6 is 0 Å². The van der Waals surface area contributed by atoms with Crippen molar-refractivity contribution >= 4 is 11.9 Å². The maximum atomic E-state index is 13.1. The number of hydrogen-bond acceptors (Lipinski definition) is 6. The van der Waals surface area contributed by atoms with Crippen LogP contribution in [0.15, 0.2) is 85.5 Å². The maximum Gasteiger partial charge on any atom is 0.414 e. The quantitative estimate of drug-likeness (QED) is 0.0890. The minimum atomic E-state index is -4.54. The molecule has 9 heteroatoms. The monoisotopic (exact) mass is 556 g/mol. The molecule has 0 N–H and O–H groups in total. The van der Waals surface area contributed by atoms with E-state index in [1.54, 1.807) is 30.3 Å². The first-order valence-corrected chi connectivity index (χ1v) is 12.8. The lowest BCUT2D eigenvalue weighted by atomic mass is 10.0. The van der Waals surface area contributed by atoms with Gasteiger partial charge in [-0.3, -0.25) is 0 Å². The number of halogens is 3. The Morgan fingerprint density at radius 3 is 1.95 bits per heavy atom. The summed E-state index contributed by atoms with van der Waals surface area (Å²) < 4.78 is 60.0. The molecule has 0 saturated carbocycles. The van der Waals surface area contributed by atoms with E-state index in [9.17, 15) is 22.8 Å². The fourth-order valence-electron chi connectivity index (χ4n) is 3.58. The van der Waals surface area contributed by atoms with E-state index in [0.29, 0.717) is 25.0 Å². The number of unbranched alkanes of at least 4 members (excludes halogenated alkanes) is 1. The zero-order valence-electron chi connectivity index (χ0n) is 22.1. The molecule has 0 heterocycles. The maximum absolute atomic E-state index is 13.1. The molecule has 0 radical (unpaired) electrons. The third-order valence-corrected chi connectivity index (χ3v) is 5.77. The molecule has 0 aromatic heterocycles. The summed E-state index contributed by atoms with van der Waals surface area (Å²) >= 11 is 0. The molecule has 0 amide bonds. The Bertz CT molecular complexity index is 1240. The number of carbonyl (C=O) groups is 2. The summed E-state index contributed by atoms with van der Waals surface area (Å²) in [7, 11) is 0. The predicted octanol–water partition coefficient (Wildman–Crippen LogP) is 7.43. The van der Waals surface area contributed by atoms with Crippen molar-refractivity contribution < 1.29 is 41.7 Å². The number of carbonyl (C=O) groups excluding carboxylic acids is 2. The highest BCUT2D eigenvalue weighted by Crippen LogP contribution is 2.26. The first-order chi connectivity index (χ1) is 19.2. The molecule has 0 spiro atoms. The second-order valence-corrected chi connectivity index (χ2v) is 8.79. The van der Waals surface area contributed by atoms with E-state index in [1.165, 1.54) is 24.3 Å². The van der Waals surface area contributed by atoms with E-state index < -0.39 is 37.2 Å². The van der Waals surface area contributed by atoms with Gasteiger partial charge >= 0.3 is 18.1 Å². The van der Waals surface area contributed by atoms with E-state index >= 15 is 0 Å².